The van der Waals surface area contributed by atoms with Crippen molar-refractivity contribution in [3.63, 3.8) is 0 Å². The third-order valence-electron chi connectivity index (χ3n) is 3.94. The first-order chi connectivity index (χ1) is 9.73. The molecular weight excluding hydrogens is 310 g/mol. The van der Waals surface area contributed by atoms with Crippen LogP contribution in [0.1, 0.15) is 19.4 Å². The van der Waals surface area contributed by atoms with E-state index < -0.39 is 10.0 Å². The van der Waals surface area contributed by atoms with E-state index >= 15 is 0 Å². The Morgan fingerprint density at radius 2 is 1.76 bits per heavy atom. The zero-order valence-electron chi connectivity index (χ0n) is 12.6. The number of hydrogen-bond donors (Lipinski definition) is 1. The summed E-state index contributed by atoms with van der Waals surface area (Å²) in [7, 11) is -3.59. The second-order valence-corrected chi connectivity index (χ2v) is 7.99. The van der Waals surface area contributed by atoms with E-state index in [0.29, 0.717) is 24.8 Å². The highest BCUT2D eigenvalue weighted by atomic mass is 35.5. The molecule has 1 aromatic rings. The number of sulfonamides is 1. The molecule has 0 bridgehead atoms. The van der Waals surface area contributed by atoms with Gasteiger partial charge in [-0.1, -0.05) is 11.6 Å². The summed E-state index contributed by atoms with van der Waals surface area (Å²) in [6.45, 7) is 8.45. The number of halogens is 1. The van der Waals surface area contributed by atoms with Gasteiger partial charge >= 0.3 is 0 Å². The first-order valence-electron chi connectivity index (χ1n) is 7.03. The fraction of sp³-hybridized carbons (Fsp3) is 0.571. The van der Waals surface area contributed by atoms with Gasteiger partial charge in [0.05, 0.1) is 5.02 Å². The second kappa shape index (κ2) is 6.12. The summed E-state index contributed by atoms with van der Waals surface area (Å²) in [5.74, 6) is 0. The van der Waals surface area contributed by atoms with Crippen LogP contribution >= 0.6 is 11.6 Å². The zero-order chi connectivity index (χ0) is 15.8. The molecule has 5 nitrogen and oxygen atoms in total. The van der Waals surface area contributed by atoms with E-state index in [0.717, 1.165) is 18.7 Å². The van der Waals surface area contributed by atoms with Crippen LogP contribution in [0.4, 0.5) is 5.69 Å². The van der Waals surface area contributed by atoms with Crippen molar-refractivity contribution in [2.24, 2.45) is 0 Å². The molecule has 0 atom stereocenters. The van der Waals surface area contributed by atoms with E-state index in [2.05, 4.69) is 18.7 Å². The molecule has 1 aliphatic rings. The molecular formula is C14H22ClN3O2S. The summed E-state index contributed by atoms with van der Waals surface area (Å²) < 4.78 is 26.9. The molecule has 21 heavy (non-hydrogen) atoms. The van der Waals surface area contributed by atoms with Crippen molar-refractivity contribution in [2.45, 2.75) is 31.7 Å². The average molecular weight is 332 g/mol. The topological polar surface area (TPSA) is 66.6 Å². The maximum atomic E-state index is 12.7. The van der Waals surface area contributed by atoms with Crippen molar-refractivity contribution in [3.05, 3.63) is 22.7 Å². The van der Waals surface area contributed by atoms with Crippen molar-refractivity contribution in [1.82, 2.24) is 9.21 Å². The average Bonchev–Trinajstić information content (AvgIpc) is 2.42. The molecule has 1 aromatic carbocycles. The molecule has 0 amide bonds. The highest BCUT2D eigenvalue weighted by Crippen LogP contribution is 2.29. The number of nitrogen functional groups attached to an aromatic ring is 1. The van der Waals surface area contributed by atoms with Crippen LogP contribution in [0.25, 0.3) is 0 Å². The van der Waals surface area contributed by atoms with Crippen molar-refractivity contribution < 1.29 is 8.42 Å². The Morgan fingerprint density at radius 3 is 2.29 bits per heavy atom. The molecule has 0 spiro atoms. The number of hydrogen-bond acceptors (Lipinski definition) is 4. The minimum atomic E-state index is -3.59. The van der Waals surface area contributed by atoms with Gasteiger partial charge in [-0.2, -0.15) is 4.31 Å². The van der Waals surface area contributed by atoms with Crippen molar-refractivity contribution in [1.29, 1.82) is 0 Å². The van der Waals surface area contributed by atoms with Gasteiger partial charge in [0.2, 0.25) is 10.0 Å². The molecule has 2 N–H and O–H groups in total. The molecule has 0 aliphatic carbocycles. The van der Waals surface area contributed by atoms with E-state index in [1.54, 1.807) is 13.0 Å². The number of benzene rings is 1. The van der Waals surface area contributed by atoms with Gasteiger partial charge < -0.3 is 5.73 Å². The summed E-state index contributed by atoms with van der Waals surface area (Å²) in [6.07, 6.45) is 0. The number of rotatable bonds is 3. The first kappa shape index (κ1) is 16.5. The third-order valence-corrected chi connectivity index (χ3v) is 6.31. The Bertz CT molecular complexity index is 623. The minimum Gasteiger partial charge on any atom is -0.398 e. The summed E-state index contributed by atoms with van der Waals surface area (Å²) in [5, 5.41) is 0.230. The van der Waals surface area contributed by atoms with E-state index in [1.165, 1.54) is 10.4 Å². The molecule has 1 aliphatic heterocycles. The van der Waals surface area contributed by atoms with Crippen molar-refractivity contribution in [2.75, 3.05) is 31.9 Å². The van der Waals surface area contributed by atoms with Gasteiger partial charge in [-0.05, 0) is 38.5 Å². The second-order valence-electron chi connectivity index (χ2n) is 5.67. The fourth-order valence-corrected chi connectivity index (χ4v) is 4.48. The smallest absolute Gasteiger partial charge is 0.244 e. The highest BCUT2D eigenvalue weighted by Gasteiger charge is 2.31. The molecule has 1 saturated heterocycles. The van der Waals surface area contributed by atoms with E-state index in [1.807, 2.05) is 0 Å². The first-order valence-corrected chi connectivity index (χ1v) is 8.85. The normalized spacial score (nSPS) is 18.3. The quantitative estimate of drug-likeness (QED) is 0.860. The van der Waals surface area contributed by atoms with Crippen LogP contribution < -0.4 is 5.73 Å². The lowest BCUT2D eigenvalue weighted by Crippen LogP contribution is -2.50. The van der Waals surface area contributed by atoms with Crippen LogP contribution in [0.15, 0.2) is 17.0 Å². The van der Waals surface area contributed by atoms with Crippen LogP contribution in [0.2, 0.25) is 5.02 Å². The van der Waals surface area contributed by atoms with E-state index in [-0.39, 0.29) is 9.92 Å². The fourth-order valence-electron chi connectivity index (χ4n) is 2.47. The van der Waals surface area contributed by atoms with Crippen LogP contribution in [0, 0.1) is 6.92 Å². The molecule has 0 aromatic heterocycles. The maximum Gasteiger partial charge on any atom is 0.244 e. The van der Waals surface area contributed by atoms with Crippen molar-refractivity contribution >= 4 is 27.3 Å². The molecule has 7 heteroatoms. The van der Waals surface area contributed by atoms with Gasteiger partial charge in [0.15, 0.2) is 0 Å². The summed E-state index contributed by atoms with van der Waals surface area (Å²) in [5.41, 5.74) is 7.05. The van der Waals surface area contributed by atoms with Crippen LogP contribution in [0.5, 0.6) is 0 Å². The molecule has 2 rings (SSSR count). The number of nitrogens with zero attached hydrogens (tertiary/aromatic N) is 2. The van der Waals surface area contributed by atoms with Crippen LogP contribution in [0.3, 0.4) is 0 Å². The summed E-state index contributed by atoms with van der Waals surface area (Å²) in [4.78, 5) is 2.36. The lowest BCUT2D eigenvalue weighted by molar-refractivity contribution is 0.154. The molecule has 118 valence electrons. The predicted molar refractivity (Wildman–Crippen MR) is 86.1 cm³/mol. The molecule has 1 fully saturated rings. The largest absolute Gasteiger partial charge is 0.398 e. The zero-order valence-corrected chi connectivity index (χ0v) is 14.2. The molecule has 0 saturated carbocycles. The van der Waals surface area contributed by atoms with Gasteiger partial charge in [-0.25, -0.2) is 8.42 Å². The number of anilines is 1. The Kier molecular flexibility index (Phi) is 4.82. The Balaban J connectivity index is 2.26. The number of nitrogens with two attached hydrogens (primary N) is 1. The molecule has 0 radical (unpaired) electrons. The number of aryl methyl sites for hydroxylation is 1. The molecule has 0 unspecified atom stereocenters. The summed E-state index contributed by atoms with van der Waals surface area (Å²) in [6, 6.07) is 3.49. The monoisotopic (exact) mass is 331 g/mol. The van der Waals surface area contributed by atoms with Gasteiger partial charge in [0.25, 0.3) is 0 Å². The minimum absolute atomic E-state index is 0.102. The Labute approximate surface area is 131 Å². The summed E-state index contributed by atoms with van der Waals surface area (Å²) >= 11 is 6.11. The van der Waals surface area contributed by atoms with Crippen LogP contribution in [-0.4, -0.2) is 49.8 Å². The lowest BCUT2D eigenvalue weighted by atomic mass is 10.2. The molecule has 1 heterocycles. The van der Waals surface area contributed by atoms with Gasteiger partial charge in [-0.15, -0.1) is 0 Å². The van der Waals surface area contributed by atoms with Gasteiger partial charge in [-0.3, -0.25) is 4.90 Å². The van der Waals surface area contributed by atoms with E-state index in [9.17, 15) is 8.42 Å². The SMILES string of the molecule is Cc1cc(Cl)c(S(=O)(=O)N2CCN(C(C)C)CC2)cc1N. The van der Waals surface area contributed by atoms with E-state index in [4.69, 9.17) is 17.3 Å². The van der Waals surface area contributed by atoms with Gasteiger partial charge in [0.1, 0.15) is 4.90 Å². The standard InChI is InChI=1S/C14H22ClN3O2S/c1-10(2)17-4-6-18(7-5-17)21(19,20)14-9-13(16)11(3)8-12(14)15/h8-10H,4-7,16H2,1-3H3. The predicted octanol–water partition coefficient (Wildman–Crippen LogP) is 1.95. The maximum absolute atomic E-state index is 12.7. The Morgan fingerprint density at radius 1 is 1.19 bits per heavy atom. The third kappa shape index (κ3) is 3.34. The van der Waals surface area contributed by atoms with Crippen LogP contribution in [-0.2, 0) is 10.0 Å². The number of piperazine rings is 1. The Hall–Kier alpha value is -0.820. The highest BCUT2D eigenvalue weighted by molar-refractivity contribution is 7.89. The van der Waals surface area contributed by atoms with Crippen molar-refractivity contribution in [3.8, 4) is 0 Å². The lowest BCUT2D eigenvalue weighted by Gasteiger charge is -2.36. The van der Waals surface area contributed by atoms with Gasteiger partial charge in [0, 0.05) is 37.9 Å².